The Hall–Kier alpha value is -2.92. The van der Waals surface area contributed by atoms with Crippen LogP contribution in [0.4, 0.5) is 0 Å². The normalized spacial score (nSPS) is 12.7. The van der Waals surface area contributed by atoms with Crippen LogP contribution in [-0.2, 0) is 12.8 Å². The molecule has 0 bridgehead atoms. The lowest BCUT2D eigenvalue weighted by Crippen LogP contribution is -2.23. The van der Waals surface area contributed by atoms with Gasteiger partial charge in [0.05, 0.1) is 17.1 Å². The fourth-order valence-corrected chi connectivity index (χ4v) is 2.93. The molecule has 5 nitrogen and oxygen atoms in total. The maximum absolute atomic E-state index is 4.80. The Bertz CT molecular complexity index is 878. The summed E-state index contributed by atoms with van der Waals surface area (Å²) < 4.78 is 0. The topological polar surface area (TPSA) is 63.1 Å². The Morgan fingerprint density at radius 1 is 0.929 bits per heavy atom. The molecule has 5 heteroatoms. The van der Waals surface area contributed by atoms with Gasteiger partial charge in [0.1, 0.15) is 0 Å². The van der Waals surface area contributed by atoms with Crippen molar-refractivity contribution in [1.29, 1.82) is 0 Å². The van der Waals surface area contributed by atoms with Crippen molar-refractivity contribution >= 4 is 5.71 Å². The van der Waals surface area contributed by atoms with E-state index in [4.69, 9.17) is 4.98 Å². The van der Waals surface area contributed by atoms with Crippen molar-refractivity contribution in [2.75, 3.05) is 13.1 Å². The maximum atomic E-state index is 4.80. The molecule has 144 valence electrons. The number of aliphatic imine (C=N–C) groups is 1. The van der Waals surface area contributed by atoms with Crippen LogP contribution in [0.2, 0.25) is 0 Å². The third-order valence-electron chi connectivity index (χ3n) is 4.59. The summed E-state index contributed by atoms with van der Waals surface area (Å²) in [6.07, 6.45) is 5.39. The second-order valence-electron chi connectivity index (χ2n) is 6.73. The first-order valence-corrected chi connectivity index (χ1v) is 9.74. The molecule has 1 N–H and O–H groups in total. The van der Waals surface area contributed by atoms with Crippen molar-refractivity contribution in [2.45, 2.75) is 32.7 Å². The van der Waals surface area contributed by atoms with E-state index in [1.807, 2.05) is 61.8 Å². The zero-order chi connectivity index (χ0) is 19.6. The molecular weight excluding hydrogens is 346 g/mol. The quantitative estimate of drug-likeness (QED) is 0.579. The molecule has 0 aliphatic carbocycles. The predicted molar refractivity (Wildman–Crippen MR) is 114 cm³/mol. The molecule has 3 rings (SSSR count). The van der Waals surface area contributed by atoms with Crippen LogP contribution in [0.3, 0.4) is 0 Å². The molecule has 1 atom stereocenters. The number of nitrogens with zero attached hydrogens (tertiary/aromatic N) is 4. The van der Waals surface area contributed by atoms with E-state index in [0.717, 1.165) is 47.9 Å². The molecule has 0 amide bonds. The highest BCUT2D eigenvalue weighted by Gasteiger charge is 2.08. The summed E-state index contributed by atoms with van der Waals surface area (Å²) in [4.78, 5) is 18.2. The van der Waals surface area contributed by atoms with Gasteiger partial charge < -0.3 is 5.32 Å². The molecule has 0 saturated heterocycles. The molecule has 3 aromatic heterocycles. The SMILES string of the molecule is CC(=NCCc1ccccn1)c1cccc([C@H](C)NCCc2ccccn2)n1. The minimum Gasteiger partial charge on any atom is -0.308 e. The average Bonchev–Trinajstić information content (AvgIpc) is 2.75. The van der Waals surface area contributed by atoms with Crippen LogP contribution in [0.15, 0.2) is 72.0 Å². The predicted octanol–water partition coefficient (Wildman–Crippen LogP) is 3.82. The highest BCUT2D eigenvalue weighted by Crippen LogP contribution is 2.11. The van der Waals surface area contributed by atoms with E-state index in [9.17, 15) is 0 Å². The van der Waals surface area contributed by atoms with E-state index in [-0.39, 0.29) is 6.04 Å². The summed E-state index contributed by atoms with van der Waals surface area (Å²) in [5, 5.41) is 3.53. The fourth-order valence-electron chi connectivity index (χ4n) is 2.93. The number of rotatable bonds is 9. The van der Waals surface area contributed by atoms with Gasteiger partial charge in [-0.05, 0) is 50.2 Å². The molecule has 0 aromatic carbocycles. The number of pyridine rings is 3. The molecule has 0 unspecified atom stereocenters. The van der Waals surface area contributed by atoms with Crippen molar-refractivity contribution in [3.8, 4) is 0 Å². The van der Waals surface area contributed by atoms with Crippen LogP contribution in [0, 0.1) is 0 Å². The highest BCUT2D eigenvalue weighted by molar-refractivity contribution is 5.96. The molecule has 0 radical (unpaired) electrons. The van der Waals surface area contributed by atoms with Gasteiger partial charge in [-0.3, -0.25) is 15.0 Å². The fraction of sp³-hybridized carbons (Fsp3) is 0.304. The summed E-state index contributed by atoms with van der Waals surface area (Å²) >= 11 is 0. The van der Waals surface area contributed by atoms with Crippen molar-refractivity contribution in [2.24, 2.45) is 4.99 Å². The van der Waals surface area contributed by atoms with E-state index < -0.39 is 0 Å². The molecule has 3 aromatic rings. The Labute approximate surface area is 167 Å². The first-order chi connectivity index (χ1) is 13.7. The second-order valence-corrected chi connectivity index (χ2v) is 6.73. The monoisotopic (exact) mass is 373 g/mol. The van der Waals surface area contributed by atoms with E-state index in [0.29, 0.717) is 6.54 Å². The second kappa shape index (κ2) is 10.4. The largest absolute Gasteiger partial charge is 0.308 e. The maximum Gasteiger partial charge on any atom is 0.0841 e. The van der Waals surface area contributed by atoms with E-state index in [2.05, 4.69) is 39.3 Å². The lowest BCUT2D eigenvalue weighted by molar-refractivity contribution is 0.561. The van der Waals surface area contributed by atoms with Gasteiger partial charge in [-0.15, -0.1) is 0 Å². The molecule has 0 fully saturated rings. The van der Waals surface area contributed by atoms with Crippen LogP contribution in [0.25, 0.3) is 0 Å². The molecular formula is C23H27N5. The van der Waals surface area contributed by atoms with Crippen molar-refractivity contribution < 1.29 is 0 Å². The Morgan fingerprint density at radius 3 is 2.32 bits per heavy atom. The molecule has 0 saturated carbocycles. The lowest BCUT2D eigenvalue weighted by atomic mass is 10.1. The van der Waals surface area contributed by atoms with E-state index >= 15 is 0 Å². The number of hydrogen-bond donors (Lipinski definition) is 1. The average molecular weight is 374 g/mol. The van der Waals surface area contributed by atoms with Crippen LogP contribution in [0.1, 0.15) is 42.7 Å². The van der Waals surface area contributed by atoms with Crippen LogP contribution in [0.5, 0.6) is 0 Å². The molecule has 0 aliphatic heterocycles. The third-order valence-corrected chi connectivity index (χ3v) is 4.59. The number of aromatic nitrogens is 3. The van der Waals surface area contributed by atoms with Gasteiger partial charge in [-0.1, -0.05) is 18.2 Å². The molecule has 28 heavy (non-hydrogen) atoms. The lowest BCUT2D eigenvalue weighted by Gasteiger charge is -2.14. The smallest absolute Gasteiger partial charge is 0.0841 e. The van der Waals surface area contributed by atoms with Crippen LogP contribution < -0.4 is 5.32 Å². The van der Waals surface area contributed by atoms with Crippen molar-refractivity contribution in [3.05, 3.63) is 89.8 Å². The first-order valence-electron chi connectivity index (χ1n) is 9.74. The van der Waals surface area contributed by atoms with E-state index in [1.54, 1.807) is 0 Å². The summed E-state index contributed by atoms with van der Waals surface area (Å²) in [6.45, 7) is 5.73. The zero-order valence-corrected chi connectivity index (χ0v) is 16.5. The molecule has 0 spiro atoms. The molecule has 3 heterocycles. The molecule has 0 aliphatic rings. The van der Waals surface area contributed by atoms with Crippen LogP contribution >= 0.6 is 0 Å². The van der Waals surface area contributed by atoms with Gasteiger partial charge >= 0.3 is 0 Å². The van der Waals surface area contributed by atoms with Gasteiger partial charge in [0.15, 0.2) is 0 Å². The van der Waals surface area contributed by atoms with Crippen molar-refractivity contribution in [1.82, 2.24) is 20.3 Å². The summed E-state index contributed by atoms with van der Waals surface area (Å²) in [6, 6.07) is 18.3. The summed E-state index contributed by atoms with van der Waals surface area (Å²) in [5.41, 5.74) is 5.07. The van der Waals surface area contributed by atoms with Crippen LogP contribution in [-0.4, -0.2) is 33.8 Å². The Morgan fingerprint density at radius 2 is 1.64 bits per heavy atom. The minimum atomic E-state index is 0.171. The zero-order valence-electron chi connectivity index (χ0n) is 16.5. The minimum absolute atomic E-state index is 0.171. The Balaban J connectivity index is 1.53. The highest BCUT2D eigenvalue weighted by atomic mass is 14.9. The first kappa shape index (κ1) is 19.8. The van der Waals surface area contributed by atoms with Gasteiger partial charge in [0, 0.05) is 55.8 Å². The van der Waals surface area contributed by atoms with Crippen molar-refractivity contribution in [3.63, 3.8) is 0 Å². The van der Waals surface area contributed by atoms with E-state index in [1.165, 1.54) is 0 Å². The van der Waals surface area contributed by atoms with Gasteiger partial charge in [0.25, 0.3) is 0 Å². The van der Waals surface area contributed by atoms with Gasteiger partial charge in [-0.25, -0.2) is 4.98 Å². The van der Waals surface area contributed by atoms with Gasteiger partial charge in [-0.2, -0.15) is 0 Å². The third kappa shape index (κ3) is 6.06. The summed E-state index contributed by atoms with van der Waals surface area (Å²) in [7, 11) is 0. The number of nitrogens with one attached hydrogen (secondary N) is 1. The standard InChI is InChI=1S/C23H27N5/c1-18(24-16-12-20-8-3-5-14-26-20)22-10-7-11-23(28-22)19(2)25-17-13-21-9-4-6-15-27-21/h3-11,14-15,18,24H,12-13,16-17H2,1-2H3/t18-/m0/s1. The van der Waals surface area contributed by atoms with Gasteiger partial charge in [0.2, 0.25) is 0 Å². The Kier molecular flexibility index (Phi) is 7.38. The number of hydrogen-bond acceptors (Lipinski definition) is 5. The summed E-state index contributed by atoms with van der Waals surface area (Å²) in [5.74, 6) is 0.